The Morgan fingerprint density at radius 3 is 1.26 bits per heavy atom. The molecule has 4 amide bonds. The highest BCUT2D eigenvalue weighted by atomic mass is 79.9. The Hall–Kier alpha value is -3.76. The highest BCUT2D eigenvalue weighted by Gasteiger charge is 2.43. The van der Waals surface area contributed by atoms with Crippen molar-refractivity contribution in [2.24, 2.45) is 0 Å². The molecular formula is C24H10Br2N4O4. The number of hydrogen-bond donors (Lipinski definition) is 0. The van der Waals surface area contributed by atoms with Gasteiger partial charge in [0.1, 0.15) is 0 Å². The number of nitrogens with zero attached hydrogens (tertiary/aromatic N) is 4. The van der Waals surface area contributed by atoms with E-state index < -0.39 is 23.6 Å². The Morgan fingerprint density at radius 1 is 0.559 bits per heavy atom. The molecule has 4 aromatic rings. The molecule has 2 aliphatic heterocycles. The first-order chi connectivity index (χ1) is 16.4. The van der Waals surface area contributed by atoms with Crippen LogP contribution < -0.4 is 9.80 Å². The van der Waals surface area contributed by atoms with E-state index in [4.69, 9.17) is 0 Å². The van der Waals surface area contributed by atoms with Crippen molar-refractivity contribution in [1.29, 1.82) is 0 Å². The summed E-state index contributed by atoms with van der Waals surface area (Å²) in [5.41, 5.74) is 1.55. The number of amides is 4. The number of hydrogen-bond acceptors (Lipinski definition) is 6. The van der Waals surface area contributed by atoms with E-state index in [2.05, 4.69) is 41.8 Å². The third-order valence-corrected chi connectivity index (χ3v) is 7.10. The van der Waals surface area contributed by atoms with Gasteiger partial charge in [0.2, 0.25) is 0 Å². The van der Waals surface area contributed by atoms with Gasteiger partial charge < -0.3 is 0 Å². The molecule has 0 fully saturated rings. The summed E-state index contributed by atoms with van der Waals surface area (Å²) < 4.78 is 0.692. The maximum absolute atomic E-state index is 13.6. The zero-order chi connectivity index (χ0) is 23.7. The molecule has 4 heterocycles. The van der Waals surface area contributed by atoms with Crippen LogP contribution in [0.15, 0.2) is 70.1 Å². The van der Waals surface area contributed by atoms with Crippen molar-refractivity contribution in [3.05, 3.63) is 92.4 Å². The summed E-state index contributed by atoms with van der Waals surface area (Å²) in [6, 6.07) is 9.30. The van der Waals surface area contributed by atoms with Crippen LogP contribution in [-0.4, -0.2) is 33.6 Å². The van der Waals surface area contributed by atoms with Gasteiger partial charge in [-0.05, 0) is 68.3 Å². The van der Waals surface area contributed by atoms with E-state index >= 15 is 0 Å². The predicted octanol–water partition coefficient (Wildman–Crippen LogP) is 4.76. The summed E-state index contributed by atoms with van der Waals surface area (Å²) >= 11 is 6.87. The molecule has 6 rings (SSSR count). The molecule has 0 bridgehead atoms. The Morgan fingerprint density at radius 2 is 0.912 bits per heavy atom. The van der Waals surface area contributed by atoms with Crippen molar-refractivity contribution in [3.8, 4) is 0 Å². The molecular weight excluding hydrogens is 568 g/mol. The van der Waals surface area contributed by atoms with Crippen molar-refractivity contribution >= 4 is 77.6 Å². The predicted molar refractivity (Wildman–Crippen MR) is 130 cm³/mol. The van der Waals surface area contributed by atoms with Crippen LogP contribution in [0.3, 0.4) is 0 Å². The van der Waals surface area contributed by atoms with Gasteiger partial charge in [-0.3, -0.25) is 29.1 Å². The number of anilines is 2. The molecule has 10 heteroatoms. The lowest BCUT2D eigenvalue weighted by Gasteiger charge is -2.33. The molecule has 0 atom stereocenters. The first-order valence-corrected chi connectivity index (χ1v) is 11.5. The van der Waals surface area contributed by atoms with E-state index in [9.17, 15) is 19.2 Å². The monoisotopic (exact) mass is 576 g/mol. The fraction of sp³-hybridized carbons (Fsp3) is 0. The lowest BCUT2D eigenvalue weighted by molar-refractivity contribution is 0.0872. The lowest BCUT2D eigenvalue weighted by atomic mass is 9.85. The number of carbonyl (C=O) groups excluding carboxylic acids is 4. The fourth-order valence-corrected chi connectivity index (χ4v) is 5.62. The van der Waals surface area contributed by atoms with Crippen molar-refractivity contribution in [3.63, 3.8) is 0 Å². The Balaban J connectivity index is 1.67. The quantitative estimate of drug-likeness (QED) is 0.319. The van der Waals surface area contributed by atoms with Gasteiger partial charge in [-0.15, -0.1) is 0 Å². The number of benzene rings is 2. The molecule has 8 nitrogen and oxygen atoms in total. The van der Waals surface area contributed by atoms with E-state index in [-0.39, 0.29) is 33.0 Å². The van der Waals surface area contributed by atoms with Crippen molar-refractivity contribution in [2.45, 2.75) is 0 Å². The second-order valence-electron chi connectivity index (χ2n) is 7.61. The van der Waals surface area contributed by atoms with E-state index in [0.29, 0.717) is 20.3 Å². The first kappa shape index (κ1) is 20.8. The Bertz CT molecular complexity index is 1490. The minimum absolute atomic E-state index is 0.205. The van der Waals surface area contributed by atoms with Crippen LogP contribution in [0.5, 0.6) is 0 Å². The third-order valence-electron chi connectivity index (χ3n) is 5.85. The molecule has 0 aliphatic carbocycles. The zero-order valence-electron chi connectivity index (χ0n) is 17.0. The molecule has 0 saturated heterocycles. The molecule has 0 N–H and O–H groups in total. The number of carbonyl (C=O) groups is 4. The van der Waals surface area contributed by atoms with Crippen LogP contribution >= 0.6 is 31.9 Å². The average Bonchev–Trinajstić information content (AvgIpc) is 2.83. The van der Waals surface area contributed by atoms with Crippen molar-refractivity contribution in [2.75, 3.05) is 9.80 Å². The van der Waals surface area contributed by atoms with Crippen LogP contribution in [0.1, 0.15) is 41.4 Å². The molecule has 164 valence electrons. The maximum Gasteiger partial charge on any atom is 0.267 e. The minimum atomic E-state index is -0.563. The molecule has 0 radical (unpaired) electrons. The molecule has 34 heavy (non-hydrogen) atoms. The summed E-state index contributed by atoms with van der Waals surface area (Å²) in [6.07, 6.45) is 5.95. The van der Waals surface area contributed by atoms with Gasteiger partial charge >= 0.3 is 0 Å². The van der Waals surface area contributed by atoms with Gasteiger partial charge in [0.15, 0.2) is 0 Å². The second kappa shape index (κ2) is 7.37. The second-order valence-corrected chi connectivity index (χ2v) is 9.32. The molecule has 2 aliphatic rings. The summed E-state index contributed by atoms with van der Waals surface area (Å²) in [7, 11) is 0. The minimum Gasteiger partial charge on any atom is -0.268 e. The van der Waals surface area contributed by atoms with Gasteiger partial charge in [0.25, 0.3) is 23.6 Å². The molecule has 0 spiro atoms. The van der Waals surface area contributed by atoms with Gasteiger partial charge in [-0.2, -0.15) is 0 Å². The third kappa shape index (κ3) is 2.69. The zero-order valence-corrected chi connectivity index (χ0v) is 20.1. The number of halogens is 2. The standard InChI is InChI=1S/C24H10Br2N4O4/c25-15-10-14-18-17-13(21(31)29(23(33)19(15)17)11-1-5-27-6-2-11)9-16(26)20(18)24(34)30(22(14)32)12-3-7-28-8-4-12/h1-10H. The van der Waals surface area contributed by atoms with Gasteiger partial charge in [-0.1, -0.05) is 0 Å². The summed E-state index contributed by atoms with van der Waals surface area (Å²) in [5, 5.41) is 0.554. The van der Waals surface area contributed by atoms with E-state index in [1.165, 1.54) is 36.9 Å². The summed E-state index contributed by atoms with van der Waals surface area (Å²) in [5.74, 6) is -2.24. The summed E-state index contributed by atoms with van der Waals surface area (Å²) in [4.78, 5) is 64.2. The number of aromatic nitrogens is 2. The van der Waals surface area contributed by atoms with Gasteiger partial charge in [0, 0.05) is 44.5 Å². The molecule has 2 aromatic heterocycles. The molecule has 0 unspecified atom stereocenters. The Kier molecular flexibility index (Phi) is 4.51. The van der Waals surface area contributed by atoms with Gasteiger partial charge in [-0.25, -0.2) is 9.80 Å². The smallest absolute Gasteiger partial charge is 0.267 e. The average molecular weight is 578 g/mol. The maximum atomic E-state index is 13.6. The van der Waals surface area contributed by atoms with Crippen LogP contribution in [0.25, 0.3) is 10.8 Å². The number of imide groups is 2. The lowest BCUT2D eigenvalue weighted by Crippen LogP contribution is -2.44. The van der Waals surface area contributed by atoms with Crippen LogP contribution in [0.2, 0.25) is 0 Å². The Labute approximate surface area is 208 Å². The van der Waals surface area contributed by atoms with Gasteiger partial charge in [0.05, 0.1) is 33.6 Å². The number of pyridine rings is 2. The van der Waals surface area contributed by atoms with Crippen LogP contribution in [0, 0.1) is 0 Å². The van der Waals surface area contributed by atoms with E-state index in [0.717, 1.165) is 9.80 Å². The van der Waals surface area contributed by atoms with Crippen molar-refractivity contribution < 1.29 is 19.2 Å². The topological polar surface area (TPSA) is 101 Å². The van der Waals surface area contributed by atoms with E-state index in [1.54, 1.807) is 24.3 Å². The van der Waals surface area contributed by atoms with Crippen LogP contribution in [-0.2, 0) is 0 Å². The SMILES string of the molecule is O=C1c2cc(Br)c3c4c(cc(Br)c(c24)C(=O)N1c1ccncc1)C(=O)N(c1ccncc1)C3=O. The number of rotatable bonds is 2. The molecule has 2 aromatic carbocycles. The van der Waals surface area contributed by atoms with Crippen LogP contribution in [0.4, 0.5) is 11.4 Å². The van der Waals surface area contributed by atoms with E-state index in [1.807, 2.05) is 0 Å². The summed E-state index contributed by atoms with van der Waals surface area (Å²) in [6.45, 7) is 0. The first-order valence-electron chi connectivity index (χ1n) is 9.96. The highest BCUT2D eigenvalue weighted by Crippen LogP contribution is 2.45. The molecule has 0 saturated carbocycles. The highest BCUT2D eigenvalue weighted by molar-refractivity contribution is 9.10. The largest absolute Gasteiger partial charge is 0.268 e. The fourth-order valence-electron chi connectivity index (χ4n) is 4.43. The van der Waals surface area contributed by atoms with Crippen molar-refractivity contribution in [1.82, 2.24) is 9.97 Å². The normalized spacial score (nSPS) is 14.9.